The van der Waals surface area contributed by atoms with Crippen molar-refractivity contribution in [2.45, 2.75) is 12.8 Å². The molecule has 4 aromatic rings. The lowest BCUT2D eigenvalue weighted by molar-refractivity contribution is -0.117. The number of tetrazole rings is 1. The van der Waals surface area contributed by atoms with Gasteiger partial charge >= 0.3 is 0 Å². The number of aromatic nitrogens is 7. The first kappa shape index (κ1) is 19.0. The van der Waals surface area contributed by atoms with Crippen molar-refractivity contribution >= 4 is 23.1 Å². The van der Waals surface area contributed by atoms with Crippen LogP contribution in [-0.2, 0) is 11.8 Å². The van der Waals surface area contributed by atoms with Crippen LogP contribution >= 0.6 is 0 Å². The quantitative estimate of drug-likeness (QED) is 0.486. The molecule has 11 nitrogen and oxygen atoms in total. The van der Waals surface area contributed by atoms with Crippen molar-refractivity contribution in [1.29, 1.82) is 0 Å². The van der Waals surface area contributed by atoms with Crippen molar-refractivity contribution in [2.24, 2.45) is 13.0 Å². The maximum atomic E-state index is 12.2. The highest BCUT2D eigenvalue weighted by molar-refractivity contribution is 5.93. The highest BCUT2D eigenvalue weighted by Gasteiger charge is 2.30. The van der Waals surface area contributed by atoms with Crippen molar-refractivity contribution in [1.82, 2.24) is 34.6 Å². The Morgan fingerprint density at radius 2 is 2.06 bits per heavy atom. The molecule has 3 aromatic heterocycles. The smallest absolute Gasteiger partial charge is 0.228 e. The van der Waals surface area contributed by atoms with Gasteiger partial charge in [-0.1, -0.05) is 6.07 Å². The van der Waals surface area contributed by atoms with E-state index >= 15 is 0 Å². The number of nitrogens with zero attached hydrogens (tertiary/aromatic N) is 7. The maximum absolute atomic E-state index is 12.2. The summed E-state index contributed by atoms with van der Waals surface area (Å²) >= 11 is 0. The van der Waals surface area contributed by atoms with Gasteiger partial charge in [0.25, 0.3) is 0 Å². The molecule has 1 saturated carbocycles. The van der Waals surface area contributed by atoms with Crippen molar-refractivity contribution in [3.05, 3.63) is 30.6 Å². The predicted molar refractivity (Wildman–Crippen MR) is 114 cm³/mol. The van der Waals surface area contributed by atoms with Gasteiger partial charge in [-0.25, -0.2) is 9.97 Å². The molecule has 0 bridgehead atoms. The van der Waals surface area contributed by atoms with Crippen LogP contribution in [0.25, 0.3) is 28.3 Å². The van der Waals surface area contributed by atoms with E-state index in [-0.39, 0.29) is 11.8 Å². The first-order chi connectivity index (χ1) is 15.1. The number of amides is 1. The predicted octanol–water partition coefficient (Wildman–Crippen LogP) is 1.99. The number of aryl methyl sites for hydroxylation is 1. The van der Waals surface area contributed by atoms with E-state index in [4.69, 9.17) is 9.72 Å². The van der Waals surface area contributed by atoms with Crippen LogP contribution in [0.3, 0.4) is 0 Å². The number of nitrogens with one attached hydrogen (secondary N) is 2. The SMILES string of the molecule is CNc1nc(-c2cccc(-c3nnn(C)n3)c2OC)n2cc(NC(=O)C3CC3)ncc12. The van der Waals surface area contributed by atoms with E-state index in [1.807, 2.05) is 22.6 Å². The first-order valence-electron chi connectivity index (χ1n) is 9.87. The largest absolute Gasteiger partial charge is 0.495 e. The summed E-state index contributed by atoms with van der Waals surface area (Å²) in [6.07, 6.45) is 5.31. The fourth-order valence-electron chi connectivity index (χ4n) is 3.50. The highest BCUT2D eigenvalue weighted by atomic mass is 16.5. The van der Waals surface area contributed by atoms with E-state index in [1.54, 1.807) is 33.6 Å². The minimum absolute atomic E-state index is 0.00402. The van der Waals surface area contributed by atoms with Crippen LogP contribution in [0.4, 0.5) is 11.6 Å². The Bertz CT molecular complexity index is 1290. The minimum atomic E-state index is -0.00402. The molecule has 2 N–H and O–H groups in total. The number of benzene rings is 1. The Hall–Kier alpha value is -4.02. The van der Waals surface area contributed by atoms with Crippen LogP contribution in [0.2, 0.25) is 0 Å². The third-order valence-corrected chi connectivity index (χ3v) is 5.17. The molecule has 0 saturated heterocycles. The summed E-state index contributed by atoms with van der Waals surface area (Å²) in [5.41, 5.74) is 2.22. The van der Waals surface area contributed by atoms with Gasteiger partial charge < -0.3 is 15.4 Å². The third-order valence-electron chi connectivity index (χ3n) is 5.17. The van der Waals surface area contributed by atoms with Crippen molar-refractivity contribution < 1.29 is 9.53 Å². The molecule has 1 amide bonds. The minimum Gasteiger partial charge on any atom is -0.495 e. The summed E-state index contributed by atoms with van der Waals surface area (Å²) in [4.78, 5) is 22.7. The van der Waals surface area contributed by atoms with E-state index in [0.29, 0.717) is 34.6 Å². The number of ether oxygens (including phenoxy) is 1. The number of carbonyl (C=O) groups excluding carboxylic acids is 1. The Morgan fingerprint density at radius 1 is 1.26 bits per heavy atom. The van der Waals surface area contributed by atoms with Crippen LogP contribution < -0.4 is 15.4 Å². The molecule has 1 aliphatic rings. The number of fused-ring (bicyclic) bond motifs is 1. The molecule has 0 atom stereocenters. The lowest BCUT2D eigenvalue weighted by Crippen LogP contribution is -2.14. The van der Waals surface area contributed by atoms with Crippen LogP contribution in [0.15, 0.2) is 30.6 Å². The van der Waals surface area contributed by atoms with Gasteiger partial charge in [0.05, 0.1) is 37.7 Å². The molecule has 1 aromatic carbocycles. The molecule has 3 heterocycles. The van der Waals surface area contributed by atoms with E-state index in [9.17, 15) is 4.79 Å². The number of para-hydroxylation sites is 1. The molecule has 0 radical (unpaired) electrons. The number of imidazole rings is 1. The molecule has 11 heteroatoms. The second kappa shape index (κ2) is 7.35. The van der Waals surface area contributed by atoms with Crippen molar-refractivity contribution in [3.63, 3.8) is 0 Å². The molecule has 1 aliphatic carbocycles. The number of anilines is 2. The average Bonchev–Trinajstić information content (AvgIpc) is 3.45. The fraction of sp³-hybridized carbons (Fsp3) is 0.300. The van der Waals surface area contributed by atoms with E-state index in [0.717, 1.165) is 23.9 Å². The van der Waals surface area contributed by atoms with Crippen LogP contribution in [-0.4, -0.2) is 54.6 Å². The molecular weight excluding hydrogens is 398 g/mol. The number of hydrogen-bond donors (Lipinski definition) is 2. The molecular formula is C20H21N9O2. The van der Waals surface area contributed by atoms with Gasteiger partial charge in [0.15, 0.2) is 11.6 Å². The maximum Gasteiger partial charge on any atom is 0.228 e. The van der Waals surface area contributed by atoms with Crippen LogP contribution in [0, 0.1) is 5.92 Å². The monoisotopic (exact) mass is 419 g/mol. The summed E-state index contributed by atoms with van der Waals surface area (Å²) in [7, 11) is 5.10. The summed E-state index contributed by atoms with van der Waals surface area (Å²) in [5, 5.41) is 18.3. The molecule has 0 unspecified atom stereocenters. The van der Waals surface area contributed by atoms with Gasteiger partial charge in [-0.2, -0.15) is 4.80 Å². The summed E-state index contributed by atoms with van der Waals surface area (Å²) in [6, 6.07) is 5.67. The Balaban J connectivity index is 1.66. The normalized spacial score (nSPS) is 13.4. The molecule has 0 aliphatic heterocycles. The molecule has 1 fully saturated rings. The highest BCUT2D eigenvalue weighted by Crippen LogP contribution is 2.38. The zero-order valence-electron chi connectivity index (χ0n) is 17.3. The molecule has 31 heavy (non-hydrogen) atoms. The van der Waals surface area contributed by atoms with E-state index in [1.165, 1.54) is 4.80 Å². The Labute approximate surface area is 177 Å². The number of hydrogen-bond acceptors (Lipinski definition) is 8. The number of rotatable bonds is 6. The van der Waals surface area contributed by atoms with Gasteiger partial charge in [-0.05, 0) is 30.2 Å². The van der Waals surface area contributed by atoms with E-state index < -0.39 is 0 Å². The fourth-order valence-corrected chi connectivity index (χ4v) is 3.50. The second-order valence-electron chi connectivity index (χ2n) is 7.31. The first-order valence-corrected chi connectivity index (χ1v) is 9.87. The standard InChI is InChI=1S/C20H21N9O2/c1-21-18-14-9-22-15(23-20(30)11-7-8-11)10-29(14)19(24-18)13-6-4-5-12(16(13)31-3)17-25-27-28(2)26-17/h4-6,9-11,21H,7-8H2,1-3H3,(H,23,30). The van der Waals surface area contributed by atoms with E-state index in [2.05, 4.69) is 31.0 Å². The van der Waals surface area contributed by atoms with Crippen molar-refractivity contribution in [3.8, 4) is 28.5 Å². The van der Waals surface area contributed by atoms with Gasteiger partial charge in [-0.15, -0.1) is 10.2 Å². The molecule has 5 rings (SSSR count). The topological polar surface area (TPSA) is 124 Å². The van der Waals surface area contributed by atoms with Crippen molar-refractivity contribution in [2.75, 3.05) is 24.8 Å². The zero-order valence-corrected chi connectivity index (χ0v) is 17.3. The van der Waals surface area contributed by atoms with Gasteiger partial charge in [0.1, 0.15) is 17.1 Å². The molecule has 0 spiro atoms. The van der Waals surface area contributed by atoms with Crippen LogP contribution in [0.5, 0.6) is 5.75 Å². The van der Waals surface area contributed by atoms with Crippen LogP contribution in [0.1, 0.15) is 12.8 Å². The molecule has 158 valence electrons. The lowest BCUT2D eigenvalue weighted by atomic mass is 10.1. The number of methoxy groups -OCH3 is 1. The van der Waals surface area contributed by atoms with Gasteiger partial charge in [-0.3, -0.25) is 9.20 Å². The lowest BCUT2D eigenvalue weighted by Gasteiger charge is -2.11. The Morgan fingerprint density at radius 3 is 2.74 bits per heavy atom. The average molecular weight is 419 g/mol. The summed E-state index contributed by atoms with van der Waals surface area (Å²) in [6.45, 7) is 0. The third kappa shape index (κ3) is 3.33. The second-order valence-corrected chi connectivity index (χ2v) is 7.31. The number of carbonyl (C=O) groups is 1. The zero-order chi connectivity index (χ0) is 21.5. The summed E-state index contributed by atoms with van der Waals surface area (Å²) in [5.74, 6) is 2.87. The Kier molecular flexibility index (Phi) is 4.50. The van der Waals surface area contributed by atoms with Gasteiger partial charge in [0, 0.05) is 13.0 Å². The van der Waals surface area contributed by atoms with Gasteiger partial charge in [0.2, 0.25) is 11.7 Å². The summed E-state index contributed by atoms with van der Waals surface area (Å²) < 4.78 is 7.63.